The van der Waals surface area contributed by atoms with Gasteiger partial charge in [0.15, 0.2) is 0 Å². The molecular formula is C14H21N3O3. The molecule has 0 radical (unpaired) electrons. The molecule has 0 unspecified atom stereocenters. The number of carbonyl (C=O) groups excluding carboxylic acids is 2. The highest BCUT2D eigenvalue weighted by atomic mass is 16.5. The van der Waals surface area contributed by atoms with E-state index >= 15 is 0 Å². The maximum atomic E-state index is 11.8. The van der Waals surface area contributed by atoms with Crippen molar-refractivity contribution in [1.82, 2.24) is 10.2 Å². The van der Waals surface area contributed by atoms with Crippen LogP contribution in [0.2, 0.25) is 0 Å². The highest BCUT2D eigenvalue weighted by Gasteiger charge is 2.10. The summed E-state index contributed by atoms with van der Waals surface area (Å²) in [6, 6.07) is 7.14. The summed E-state index contributed by atoms with van der Waals surface area (Å²) in [6.45, 7) is 0.656. The maximum absolute atomic E-state index is 11.8. The average molecular weight is 279 g/mol. The van der Waals surface area contributed by atoms with Crippen molar-refractivity contribution < 1.29 is 14.3 Å². The Bertz CT molecular complexity index is 463. The number of anilines is 1. The van der Waals surface area contributed by atoms with Gasteiger partial charge in [0, 0.05) is 27.1 Å². The molecule has 20 heavy (non-hydrogen) atoms. The molecule has 0 aliphatic rings. The summed E-state index contributed by atoms with van der Waals surface area (Å²) in [5.74, 6) is 0.426. The van der Waals surface area contributed by atoms with Crippen LogP contribution in [0.3, 0.4) is 0 Å². The zero-order valence-electron chi connectivity index (χ0n) is 11.9. The molecule has 0 fully saturated rings. The molecule has 0 aromatic heterocycles. The molecule has 1 aromatic carbocycles. The summed E-state index contributed by atoms with van der Waals surface area (Å²) in [5, 5.41) is 2.51. The van der Waals surface area contributed by atoms with Gasteiger partial charge < -0.3 is 20.7 Å². The Morgan fingerprint density at radius 1 is 1.30 bits per heavy atom. The predicted molar refractivity (Wildman–Crippen MR) is 77.3 cm³/mol. The van der Waals surface area contributed by atoms with Crippen molar-refractivity contribution in [2.24, 2.45) is 0 Å². The van der Waals surface area contributed by atoms with Crippen LogP contribution in [0.25, 0.3) is 0 Å². The van der Waals surface area contributed by atoms with E-state index in [-0.39, 0.29) is 24.8 Å². The molecule has 0 saturated carbocycles. The SMILES string of the molecule is CNC(=O)CCN(C)C(=O)CCOc1ccccc1N. The van der Waals surface area contributed by atoms with Crippen molar-refractivity contribution in [3.05, 3.63) is 24.3 Å². The van der Waals surface area contributed by atoms with Crippen LogP contribution in [-0.4, -0.2) is 44.0 Å². The lowest BCUT2D eigenvalue weighted by Gasteiger charge is -2.17. The minimum atomic E-state index is -0.0852. The van der Waals surface area contributed by atoms with Crippen molar-refractivity contribution in [1.29, 1.82) is 0 Å². The van der Waals surface area contributed by atoms with Crippen LogP contribution >= 0.6 is 0 Å². The van der Waals surface area contributed by atoms with Gasteiger partial charge in [-0.1, -0.05) is 12.1 Å². The quantitative estimate of drug-likeness (QED) is 0.717. The van der Waals surface area contributed by atoms with Crippen LogP contribution in [0, 0.1) is 0 Å². The summed E-state index contributed by atoms with van der Waals surface area (Å²) in [7, 11) is 3.24. The number of carbonyl (C=O) groups is 2. The number of ether oxygens (including phenoxy) is 1. The van der Waals surface area contributed by atoms with Gasteiger partial charge in [0.05, 0.1) is 18.7 Å². The molecule has 0 aliphatic heterocycles. The lowest BCUT2D eigenvalue weighted by atomic mass is 10.3. The third-order valence-electron chi connectivity index (χ3n) is 2.87. The number of nitrogen functional groups attached to an aromatic ring is 1. The van der Waals surface area contributed by atoms with E-state index in [1.54, 1.807) is 26.2 Å². The fourth-order valence-corrected chi connectivity index (χ4v) is 1.57. The van der Waals surface area contributed by atoms with E-state index in [0.717, 1.165) is 0 Å². The zero-order chi connectivity index (χ0) is 15.0. The first kappa shape index (κ1) is 15.8. The van der Waals surface area contributed by atoms with Gasteiger partial charge in [-0.15, -0.1) is 0 Å². The second-order valence-corrected chi connectivity index (χ2v) is 4.37. The first-order valence-electron chi connectivity index (χ1n) is 6.46. The van der Waals surface area contributed by atoms with E-state index in [2.05, 4.69) is 5.32 Å². The number of amides is 2. The Hall–Kier alpha value is -2.24. The molecule has 2 amide bonds. The molecule has 0 spiro atoms. The molecule has 6 nitrogen and oxygen atoms in total. The minimum absolute atomic E-state index is 0.0663. The van der Waals surface area contributed by atoms with Crippen LogP contribution in [-0.2, 0) is 9.59 Å². The molecule has 0 heterocycles. The van der Waals surface area contributed by atoms with E-state index in [1.165, 1.54) is 4.90 Å². The van der Waals surface area contributed by atoms with Gasteiger partial charge in [0.1, 0.15) is 5.75 Å². The average Bonchev–Trinajstić information content (AvgIpc) is 2.46. The summed E-state index contributed by atoms with van der Waals surface area (Å²) in [6.07, 6.45) is 0.545. The van der Waals surface area contributed by atoms with E-state index in [9.17, 15) is 9.59 Å². The van der Waals surface area contributed by atoms with E-state index in [0.29, 0.717) is 24.4 Å². The number of hydrogen-bond acceptors (Lipinski definition) is 4. The number of nitrogens with two attached hydrogens (primary N) is 1. The van der Waals surface area contributed by atoms with Crippen LogP contribution in [0.15, 0.2) is 24.3 Å². The second kappa shape index (κ2) is 8.04. The Kier molecular flexibility index (Phi) is 6.36. The highest BCUT2D eigenvalue weighted by Crippen LogP contribution is 2.19. The number of para-hydroxylation sites is 2. The molecular weight excluding hydrogens is 258 g/mol. The predicted octanol–water partition coefficient (Wildman–Crippen LogP) is 0.632. The van der Waals surface area contributed by atoms with Crippen LogP contribution < -0.4 is 15.8 Å². The largest absolute Gasteiger partial charge is 0.491 e. The number of nitrogens with zero attached hydrogens (tertiary/aromatic N) is 1. The Morgan fingerprint density at radius 2 is 2.00 bits per heavy atom. The summed E-state index contributed by atoms with van der Waals surface area (Å²) < 4.78 is 5.45. The molecule has 0 atom stereocenters. The van der Waals surface area contributed by atoms with E-state index in [1.807, 2.05) is 12.1 Å². The van der Waals surface area contributed by atoms with Crippen LogP contribution in [0.1, 0.15) is 12.8 Å². The topological polar surface area (TPSA) is 84.7 Å². The van der Waals surface area contributed by atoms with Gasteiger partial charge in [-0.2, -0.15) is 0 Å². The maximum Gasteiger partial charge on any atom is 0.225 e. The van der Waals surface area contributed by atoms with Gasteiger partial charge in [-0.05, 0) is 12.1 Å². The minimum Gasteiger partial charge on any atom is -0.491 e. The Morgan fingerprint density at radius 3 is 2.65 bits per heavy atom. The number of hydrogen-bond donors (Lipinski definition) is 2. The molecule has 1 rings (SSSR count). The van der Waals surface area contributed by atoms with Crippen molar-refractivity contribution in [2.75, 3.05) is 33.0 Å². The van der Waals surface area contributed by atoms with Gasteiger partial charge in [0.25, 0.3) is 0 Å². The van der Waals surface area contributed by atoms with Gasteiger partial charge in [0.2, 0.25) is 11.8 Å². The number of benzene rings is 1. The lowest BCUT2D eigenvalue weighted by molar-refractivity contribution is -0.131. The molecule has 6 heteroatoms. The molecule has 0 bridgehead atoms. The number of nitrogens with one attached hydrogen (secondary N) is 1. The van der Waals surface area contributed by atoms with Crippen molar-refractivity contribution in [3.63, 3.8) is 0 Å². The first-order chi connectivity index (χ1) is 9.54. The Balaban J connectivity index is 2.29. The van der Waals surface area contributed by atoms with Crippen LogP contribution in [0.5, 0.6) is 5.75 Å². The standard InChI is InChI=1S/C14H21N3O3/c1-16-13(18)7-9-17(2)14(19)8-10-20-12-6-4-3-5-11(12)15/h3-6H,7-10,15H2,1-2H3,(H,16,18). The Labute approximate surface area is 118 Å². The van der Waals surface area contributed by atoms with Crippen molar-refractivity contribution in [3.8, 4) is 5.75 Å². The fourth-order valence-electron chi connectivity index (χ4n) is 1.57. The third-order valence-corrected chi connectivity index (χ3v) is 2.87. The summed E-state index contributed by atoms with van der Waals surface area (Å²) >= 11 is 0. The summed E-state index contributed by atoms with van der Waals surface area (Å²) in [5.41, 5.74) is 6.28. The first-order valence-corrected chi connectivity index (χ1v) is 6.46. The third kappa shape index (κ3) is 5.17. The molecule has 3 N–H and O–H groups in total. The second-order valence-electron chi connectivity index (χ2n) is 4.37. The molecule has 110 valence electrons. The summed E-state index contributed by atoms with van der Waals surface area (Å²) in [4.78, 5) is 24.4. The van der Waals surface area contributed by atoms with Crippen LogP contribution in [0.4, 0.5) is 5.69 Å². The van der Waals surface area contributed by atoms with Gasteiger partial charge >= 0.3 is 0 Å². The normalized spacial score (nSPS) is 9.90. The molecule has 0 saturated heterocycles. The van der Waals surface area contributed by atoms with E-state index < -0.39 is 0 Å². The monoisotopic (exact) mass is 279 g/mol. The highest BCUT2D eigenvalue weighted by molar-refractivity contribution is 5.78. The van der Waals surface area contributed by atoms with E-state index in [4.69, 9.17) is 10.5 Å². The van der Waals surface area contributed by atoms with Crippen molar-refractivity contribution in [2.45, 2.75) is 12.8 Å². The van der Waals surface area contributed by atoms with Gasteiger partial charge in [-0.3, -0.25) is 9.59 Å². The van der Waals surface area contributed by atoms with Crippen molar-refractivity contribution >= 4 is 17.5 Å². The number of rotatable bonds is 7. The zero-order valence-corrected chi connectivity index (χ0v) is 11.9. The van der Waals surface area contributed by atoms with Gasteiger partial charge in [-0.25, -0.2) is 0 Å². The lowest BCUT2D eigenvalue weighted by Crippen LogP contribution is -2.32. The fraction of sp³-hybridized carbons (Fsp3) is 0.429. The molecule has 0 aliphatic carbocycles. The molecule has 1 aromatic rings. The smallest absolute Gasteiger partial charge is 0.225 e.